The molecule has 1 aromatic rings. The molecule has 0 fully saturated rings. The number of urea groups is 1. The fraction of sp³-hybridized carbons (Fsp3) is 0.583. The van der Waals surface area contributed by atoms with Gasteiger partial charge in [0.05, 0.1) is 12.2 Å². The number of nitrogens with zero attached hydrogens (tertiary/aromatic N) is 1. The third-order valence-corrected chi connectivity index (χ3v) is 3.65. The lowest BCUT2D eigenvalue weighted by atomic mass is 10.2. The molecule has 0 aliphatic heterocycles. The van der Waals surface area contributed by atoms with Crippen LogP contribution in [0.25, 0.3) is 0 Å². The average Bonchev–Trinajstić information content (AvgIpc) is 2.74. The highest BCUT2D eigenvalue weighted by molar-refractivity contribution is 7.13. The maximum Gasteiger partial charge on any atom is 0.347 e. The second-order valence-corrected chi connectivity index (χ2v) is 5.23. The first-order chi connectivity index (χ1) is 9.04. The zero-order chi connectivity index (χ0) is 14.3. The van der Waals surface area contributed by atoms with E-state index in [-0.39, 0.29) is 17.5 Å². The van der Waals surface area contributed by atoms with Crippen LogP contribution in [-0.4, -0.2) is 28.6 Å². The number of carboxylic acids is 1. The summed E-state index contributed by atoms with van der Waals surface area (Å²) in [5, 5.41) is 14.9. The Kier molecular flexibility index (Phi) is 6.27. The van der Waals surface area contributed by atoms with Crippen LogP contribution in [0.15, 0.2) is 0 Å². The number of thiazole rings is 1. The number of nitrogens with one attached hydrogen (secondary N) is 2. The number of carboxylic acid groups (broad SMARTS) is 1. The van der Waals surface area contributed by atoms with E-state index in [0.29, 0.717) is 17.2 Å². The first-order valence-corrected chi connectivity index (χ1v) is 7.07. The van der Waals surface area contributed by atoms with Crippen LogP contribution in [0.5, 0.6) is 0 Å². The van der Waals surface area contributed by atoms with Gasteiger partial charge in [-0.3, -0.25) is 0 Å². The molecule has 0 spiro atoms. The van der Waals surface area contributed by atoms with Crippen molar-refractivity contribution in [2.24, 2.45) is 0 Å². The van der Waals surface area contributed by atoms with Gasteiger partial charge < -0.3 is 15.7 Å². The minimum atomic E-state index is -0.981. The molecule has 0 saturated carbocycles. The number of unbranched alkanes of at least 4 members (excludes halogenated alkanes) is 2. The molecule has 1 rings (SSSR count). The summed E-state index contributed by atoms with van der Waals surface area (Å²) >= 11 is 1.09. The van der Waals surface area contributed by atoms with Crippen molar-refractivity contribution < 1.29 is 14.7 Å². The van der Waals surface area contributed by atoms with E-state index in [1.54, 1.807) is 6.92 Å². The Morgan fingerprint density at radius 3 is 2.63 bits per heavy atom. The molecule has 7 heteroatoms. The topological polar surface area (TPSA) is 91.3 Å². The van der Waals surface area contributed by atoms with Crippen molar-refractivity contribution >= 4 is 23.3 Å². The summed E-state index contributed by atoms with van der Waals surface area (Å²) < 4.78 is 0. The van der Waals surface area contributed by atoms with Gasteiger partial charge >= 0.3 is 12.0 Å². The van der Waals surface area contributed by atoms with Crippen LogP contribution < -0.4 is 10.6 Å². The number of amides is 2. The molecule has 0 saturated heterocycles. The molecule has 0 unspecified atom stereocenters. The summed E-state index contributed by atoms with van der Waals surface area (Å²) in [6.45, 7) is 4.65. The van der Waals surface area contributed by atoms with Crippen LogP contribution in [0.1, 0.15) is 46.6 Å². The molecule has 0 radical (unpaired) electrons. The van der Waals surface area contributed by atoms with Crippen LogP contribution in [0.4, 0.5) is 4.79 Å². The standard InChI is InChI=1S/C12H19N3O3S/c1-3-4-5-6-13-12(18)14-7-9-15-8(2)10(19-9)11(16)17/h3-7H2,1-2H3,(H,16,17)(H2,13,14,18). The molecule has 2 amide bonds. The highest BCUT2D eigenvalue weighted by Gasteiger charge is 2.14. The van der Waals surface area contributed by atoms with Crippen LogP contribution in [0, 0.1) is 6.92 Å². The molecule has 1 heterocycles. The number of hydrogen-bond donors (Lipinski definition) is 3. The maximum absolute atomic E-state index is 11.4. The number of aryl methyl sites for hydroxylation is 1. The molecule has 19 heavy (non-hydrogen) atoms. The van der Waals surface area contributed by atoms with Gasteiger partial charge in [-0.05, 0) is 13.3 Å². The van der Waals surface area contributed by atoms with Crippen molar-refractivity contribution in [3.8, 4) is 0 Å². The maximum atomic E-state index is 11.4. The summed E-state index contributed by atoms with van der Waals surface area (Å²) in [6, 6.07) is -0.249. The molecule has 3 N–H and O–H groups in total. The summed E-state index contributed by atoms with van der Waals surface area (Å²) in [4.78, 5) is 26.6. The van der Waals surface area contributed by atoms with Gasteiger partial charge in [-0.25, -0.2) is 14.6 Å². The highest BCUT2D eigenvalue weighted by atomic mass is 32.1. The molecule has 0 aliphatic rings. The predicted molar refractivity (Wildman–Crippen MR) is 73.6 cm³/mol. The molecule has 1 aromatic heterocycles. The molecule has 0 bridgehead atoms. The van der Waals surface area contributed by atoms with E-state index in [4.69, 9.17) is 5.11 Å². The van der Waals surface area contributed by atoms with E-state index < -0.39 is 5.97 Å². The van der Waals surface area contributed by atoms with E-state index in [1.807, 2.05) is 0 Å². The van der Waals surface area contributed by atoms with Crippen LogP contribution >= 0.6 is 11.3 Å². The van der Waals surface area contributed by atoms with Gasteiger partial charge in [0.25, 0.3) is 0 Å². The quantitative estimate of drug-likeness (QED) is 0.669. The normalized spacial score (nSPS) is 10.2. The molecule has 6 nitrogen and oxygen atoms in total. The lowest BCUT2D eigenvalue weighted by molar-refractivity contribution is 0.0701. The van der Waals surface area contributed by atoms with Crippen molar-refractivity contribution in [3.05, 3.63) is 15.6 Å². The lowest BCUT2D eigenvalue weighted by Gasteiger charge is -2.05. The Labute approximate surface area is 116 Å². The zero-order valence-electron chi connectivity index (χ0n) is 11.2. The van der Waals surface area contributed by atoms with Crippen LogP contribution in [0.3, 0.4) is 0 Å². The van der Waals surface area contributed by atoms with E-state index in [0.717, 1.165) is 30.6 Å². The monoisotopic (exact) mass is 285 g/mol. The Morgan fingerprint density at radius 2 is 2.05 bits per heavy atom. The lowest BCUT2D eigenvalue weighted by Crippen LogP contribution is -2.35. The average molecular weight is 285 g/mol. The summed E-state index contributed by atoms with van der Waals surface area (Å²) in [6.07, 6.45) is 3.16. The smallest absolute Gasteiger partial charge is 0.347 e. The summed E-state index contributed by atoms with van der Waals surface area (Å²) in [5.74, 6) is -0.981. The third kappa shape index (κ3) is 5.25. The summed E-state index contributed by atoms with van der Waals surface area (Å²) in [7, 11) is 0. The van der Waals surface area contributed by atoms with E-state index in [2.05, 4.69) is 22.5 Å². The molecule has 0 aliphatic carbocycles. The zero-order valence-corrected chi connectivity index (χ0v) is 12.0. The van der Waals surface area contributed by atoms with Gasteiger partial charge in [-0.2, -0.15) is 0 Å². The van der Waals surface area contributed by atoms with Gasteiger partial charge in [0.2, 0.25) is 0 Å². The van der Waals surface area contributed by atoms with Gasteiger partial charge in [-0.15, -0.1) is 11.3 Å². The van der Waals surface area contributed by atoms with E-state index >= 15 is 0 Å². The fourth-order valence-electron chi connectivity index (χ4n) is 1.52. The second-order valence-electron chi connectivity index (χ2n) is 4.14. The Balaban J connectivity index is 2.34. The van der Waals surface area contributed by atoms with Crippen molar-refractivity contribution in [2.45, 2.75) is 39.7 Å². The molecule has 0 atom stereocenters. The van der Waals surface area contributed by atoms with Crippen molar-refractivity contribution in [2.75, 3.05) is 6.54 Å². The van der Waals surface area contributed by atoms with Crippen molar-refractivity contribution in [3.63, 3.8) is 0 Å². The third-order valence-electron chi connectivity index (χ3n) is 2.50. The molecule has 0 aromatic carbocycles. The van der Waals surface area contributed by atoms with Crippen molar-refractivity contribution in [1.29, 1.82) is 0 Å². The molecular weight excluding hydrogens is 266 g/mol. The SMILES string of the molecule is CCCCCNC(=O)NCc1nc(C)c(C(=O)O)s1. The predicted octanol–water partition coefficient (Wildman–Crippen LogP) is 2.14. The van der Waals surface area contributed by atoms with Gasteiger partial charge in [-0.1, -0.05) is 19.8 Å². The van der Waals surface area contributed by atoms with Crippen molar-refractivity contribution in [1.82, 2.24) is 15.6 Å². The van der Waals surface area contributed by atoms with Gasteiger partial charge in [0, 0.05) is 6.54 Å². The number of aromatic carboxylic acids is 1. The molecular formula is C12H19N3O3S. The highest BCUT2D eigenvalue weighted by Crippen LogP contribution is 2.17. The summed E-state index contributed by atoms with van der Waals surface area (Å²) in [5.41, 5.74) is 0.484. The van der Waals surface area contributed by atoms with E-state index in [1.165, 1.54) is 0 Å². The Morgan fingerprint density at radius 1 is 1.32 bits per heavy atom. The number of rotatable bonds is 7. The largest absolute Gasteiger partial charge is 0.477 e. The fourth-order valence-corrected chi connectivity index (χ4v) is 2.36. The Hall–Kier alpha value is -1.63. The number of aromatic nitrogens is 1. The number of carbonyl (C=O) groups excluding carboxylic acids is 1. The van der Waals surface area contributed by atoms with E-state index in [9.17, 15) is 9.59 Å². The Bertz CT molecular complexity index is 445. The molecule has 106 valence electrons. The second kappa shape index (κ2) is 7.73. The van der Waals surface area contributed by atoms with Crippen LogP contribution in [-0.2, 0) is 6.54 Å². The number of hydrogen-bond acceptors (Lipinski definition) is 4. The minimum absolute atomic E-state index is 0.222. The first kappa shape index (κ1) is 15.4. The minimum Gasteiger partial charge on any atom is -0.477 e. The van der Waals surface area contributed by atoms with Gasteiger partial charge in [0.15, 0.2) is 0 Å². The van der Waals surface area contributed by atoms with Gasteiger partial charge in [0.1, 0.15) is 9.88 Å². The number of carbonyl (C=O) groups is 2. The first-order valence-electron chi connectivity index (χ1n) is 6.26. The van der Waals surface area contributed by atoms with Crippen LogP contribution in [0.2, 0.25) is 0 Å².